The van der Waals surface area contributed by atoms with Crippen LogP contribution in [0.2, 0.25) is 0 Å². The van der Waals surface area contributed by atoms with Gasteiger partial charge in [-0.25, -0.2) is 0 Å². The molecule has 5 atom stereocenters. The quantitative estimate of drug-likeness (QED) is 0.473. The highest BCUT2D eigenvalue weighted by molar-refractivity contribution is 6.55. The van der Waals surface area contributed by atoms with E-state index < -0.39 is 42.0 Å². The van der Waals surface area contributed by atoms with E-state index in [2.05, 4.69) is 0 Å². The minimum atomic E-state index is -1.34. The maximum absolute atomic E-state index is 6.46. The molecule has 19 heavy (non-hydrogen) atoms. The summed E-state index contributed by atoms with van der Waals surface area (Å²) in [6.07, 6.45) is 0. The first kappa shape index (κ1) is 18.0. The number of hydrogen-bond donors (Lipinski definition) is 0. The van der Waals surface area contributed by atoms with Crippen molar-refractivity contribution < 1.29 is 0 Å². The number of rotatable bonds is 3. The predicted molar refractivity (Wildman–Crippen MR) is 88.7 cm³/mol. The van der Waals surface area contributed by atoms with Crippen LogP contribution in [0.1, 0.15) is 0 Å². The molecule has 2 saturated carbocycles. The molecule has 0 saturated heterocycles. The molecule has 0 radical (unpaired) electrons. The smallest absolute Gasteiger partial charge is 0.126 e. The van der Waals surface area contributed by atoms with E-state index in [-0.39, 0.29) is 11.8 Å². The van der Waals surface area contributed by atoms with E-state index >= 15 is 0 Å². The van der Waals surface area contributed by atoms with E-state index in [1.807, 2.05) is 0 Å². The van der Waals surface area contributed by atoms with Crippen molar-refractivity contribution in [2.45, 2.75) is 25.3 Å². The Morgan fingerprint density at radius 1 is 0.947 bits per heavy atom. The first-order chi connectivity index (χ1) is 8.66. The third-order valence-electron chi connectivity index (χ3n) is 4.52. The van der Waals surface area contributed by atoms with Crippen molar-refractivity contribution in [1.29, 1.82) is 0 Å². The summed E-state index contributed by atoms with van der Waals surface area (Å²) in [4.78, 5) is -0.944. The highest BCUT2D eigenvalue weighted by atomic mass is 35.5. The van der Waals surface area contributed by atoms with E-state index in [0.29, 0.717) is 0 Å². The van der Waals surface area contributed by atoms with Gasteiger partial charge in [0.15, 0.2) is 0 Å². The zero-order valence-corrected chi connectivity index (χ0v) is 16.0. The van der Waals surface area contributed by atoms with E-state index in [0.717, 1.165) is 0 Å². The van der Waals surface area contributed by atoms with Crippen LogP contribution in [0.25, 0.3) is 0 Å². The lowest BCUT2D eigenvalue weighted by atomic mass is 9.70. The second-order valence-corrected chi connectivity index (χ2v) is 9.50. The Balaban J connectivity index is 2.74. The monoisotopic (exact) mass is 444 g/mol. The van der Waals surface area contributed by atoms with Gasteiger partial charge in [0.25, 0.3) is 0 Å². The largest absolute Gasteiger partial charge is 0.140 e. The van der Waals surface area contributed by atoms with Crippen molar-refractivity contribution in [2.75, 3.05) is 11.8 Å². The molecule has 0 N–H and O–H groups in total. The fourth-order valence-electron chi connectivity index (χ4n) is 3.61. The Bertz CT molecular complexity index is 366. The molecule has 2 aliphatic rings. The van der Waals surface area contributed by atoms with Crippen LogP contribution in [-0.2, 0) is 0 Å². The average Bonchev–Trinajstić information content (AvgIpc) is 2.64. The summed E-state index contributed by atoms with van der Waals surface area (Å²) >= 11 is 56.8. The van der Waals surface area contributed by atoms with Gasteiger partial charge >= 0.3 is 0 Å². The third kappa shape index (κ3) is 1.88. The fourth-order valence-corrected chi connectivity index (χ4v) is 9.03. The van der Waals surface area contributed by atoms with Crippen molar-refractivity contribution in [3.05, 3.63) is 0 Å². The molecule has 0 heterocycles. The summed E-state index contributed by atoms with van der Waals surface area (Å²) < 4.78 is -1.34. The first-order valence-corrected chi connectivity index (χ1v) is 9.37. The van der Waals surface area contributed by atoms with Gasteiger partial charge in [0.05, 0.1) is 16.1 Å². The van der Waals surface area contributed by atoms with Gasteiger partial charge in [0.2, 0.25) is 0 Å². The van der Waals surface area contributed by atoms with Gasteiger partial charge < -0.3 is 0 Å². The van der Waals surface area contributed by atoms with Gasteiger partial charge in [-0.05, 0) is 0 Å². The van der Waals surface area contributed by atoms with Crippen LogP contribution in [0, 0.1) is 16.7 Å². The Morgan fingerprint density at radius 2 is 1.42 bits per heavy atom. The van der Waals surface area contributed by atoms with Gasteiger partial charge in [-0.2, -0.15) is 0 Å². The molecule has 2 rings (SSSR count). The summed E-state index contributed by atoms with van der Waals surface area (Å²) in [5, 5.41) is -1.99. The van der Waals surface area contributed by atoms with Crippen molar-refractivity contribution in [3.8, 4) is 0 Å². The normalized spacial score (nSPS) is 47.1. The average molecular weight is 448 g/mol. The molecule has 2 bridgehead atoms. The van der Waals surface area contributed by atoms with E-state index in [1.165, 1.54) is 0 Å². The molecule has 0 nitrogen and oxygen atoms in total. The van der Waals surface area contributed by atoms with Crippen LogP contribution in [0.4, 0.5) is 0 Å². The number of halogens is 9. The molecular weight excluding hydrogens is 439 g/mol. The molecular formula is C10H9Cl9. The standard InChI is InChI=1S/C10H9Cl9/c11-1-8(2-12)4-3(13)5(14)9(8,7(16)17)6(15)10(4,18)19/h3-7H,1-2H2. The van der Waals surface area contributed by atoms with Crippen molar-refractivity contribution in [1.82, 2.24) is 0 Å². The zero-order chi connectivity index (χ0) is 14.8. The molecule has 5 unspecified atom stereocenters. The lowest BCUT2D eigenvalue weighted by Gasteiger charge is -2.46. The molecule has 112 valence electrons. The maximum Gasteiger partial charge on any atom is 0.140 e. The summed E-state index contributed by atoms with van der Waals surface area (Å²) in [5.41, 5.74) is -1.87. The van der Waals surface area contributed by atoms with Gasteiger partial charge in [0.1, 0.15) is 9.17 Å². The Labute approximate surface area is 157 Å². The van der Waals surface area contributed by atoms with Crippen LogP contribution in [-0.4, -0.2) is 37.1 Å². The van der Waals surface area contributed by atoms with Gasteiger partial charge in [0, 0.05) is 28.5 Å². The second kappa shape index (κ2) is 5.60. The number of alkyl halides is 9. The zero-order valence-electron chi connectivity index (χ0n) is 9.20. The molecule has 9 heteroatoms. The number of fused-ring (bicyclic) bond motifs is 2. The SMILES string of the molecule is ClCC1(CCl)C2C(Cl)C(Cl)C1(C(Cl)Cl)C(Cl)C2(Cl)Cl. The van der Waals surface area contributed by atoms with Crippen molar-refractivity contribution in [3.63, 3.8) is 0 Å². The van der Waals surface area contributed by atoms with Gasteiger partial charge in [-0.15, -0.1) is 81.2 Å². The molecule has 0 aliphatic heterocycles. The second-order valence-electron chi connectivity index (χ2n) is 5.02. The molecule has 0 aromatic carbocycles. The topological polar surface area (TPSA) is 0 Å². The summed E-state index contributed by atoms with van der Waals surface area (Å²) in [5.74, 6) is -0.257. The van der Waals surface area contributed by atoms with Crippen LogP contribution in [0.15, 0.2) is 0 Å². The highest BCUT2D eigenvalue weighted by Gasteiger charge is 2.84. The predicted octanol–water partition coefficient (Wildman–Crippen LogP) is 5.88. The summed E-state index contributed by atoms with van der Waals surface area (Å²) in [6.45, 7) is 0. The molecule has 0 spiro atoms. The van der Waals surface area contributed by atoms with Crippen LogP contribution < -0.4 is 0 Å². The van der Waals surface area contributed by atoms with Gasteiger partial charge in [-0.1, -0.05) is 23.2 Å². The third-order valence-corrected chi connectivity index (χ3v) is 9.30. The van der Waals surface area contributed by atoms with E-state index in [1.54, 1.807) is 0 Å². The van der Waals surface area contributed by atoms with Crippen LogP contribution in [0.3, 0.4) is 0 Å². The highest BCUT2D eigenvalue weighted by Crippen LogP contribution is 2.78. The molecule has 0 amide bonds. The fraction of sp³-hybridized carbons (Fsp3) is 1.00. The van der Waals surface area contributed by atoms with Crippen molar-refractivity contribution in [2.24, 2.45) is 16.7 Å². The lowest BCUT2D eigenvalue weighted by molar-refractivity contribution is 0.159. The van der Waals surface area contributed by atoms with Gasteiger partial charge in [-0.3, -0.25) is 0 Å². The lowest BCUT2D eigenvalue weighted by Crippen LogP contribution is -2.55. The van der Waals surface area contributed by atoms with E-state index in [9.17, 15) is 0 Å². The summed E-state index contributed by atoms with van der Waals surface area (Å²) in [7, 11) is 0. The van der Waals surface area contributed by atoms with Crippen molar-refractivity contribution >= 4 is 104 Å². The maximum atomic E-state index is 6.46. The Morgan fingerprint density at radius 3 is 1.74 bits per heavy atom. The minimum Gasteiger partial charge on any atom is -0.126 e. The molecule has 0 aromatic heterocycles. The number of hydrogen-bond acceptors (Lipinski definition) is 0. The molecule has 2 fully saturated rings. The van der Waals surface area contributed by atoms with Crippen LogP contribution in [0.5, 0.6) is 0 Å². The molecule has 2 aliphatic carbocycles. The first-order valence-electron chi connectivity index (χ1n) is 5.36. The summed E-state index contributed by atoms with van der Waals surface area (Å²) in [6, 6.07) is 0. The van der Waals surface area contributed by atoms with Crippen LogP contribution >= 0.6 is 104 Å². The molecule has 0 aromatic rings. The van der Waals surface area contributed by atoms with E-state index in [4.69, 9.17) is 104 Å². The Hall–Kier alpha value is 2.61. The Kier molecular flexibility index (Phi) is 5.30. The minimum absolute atomic E-state index is 0.119.